The number of nitrogens with one attached hydrogen (secondary N) is 1. The summed E-state index contributed by atoms with van der Waals surface area (Å²) < 4.78 is 0. The van der Waals surface area contributed by atoms with Crippen LogP contribution in [-0.2, 0) is 0 Å². The molecule has 4 aromatic rings. The number of hydrogen-bond donors (Lipinski definition) is 1. The highest BCUT2D eigenvalue weighted by atomic mass is 15.1. The summed E-state index contributed by atoms with van der Waals surface area (Å²) in [5.74, 6) is 0.683. The minimum atomic E-state index is 0.683. The van der Waals surface area contributed by atoms with Gasteiger partial charge in [0.2, 0.25) is 0 Å². The average Bonchev–Trinajstić information content (AvgIpc) is 3.17. The van der Waals surface area contributed by atoms with Crippen molar-refractivity contribution in [3.8, 4) is 33.6 Å². The van der Waals surface area contributed by atoms with Gasteiger partial charge in [0.25, 0.3) is 0 Å². The lowest BCUT2D eigenvalue weighted by Crippen LogP contribution is -1.91. The van der Waals surface area contributed by atoms with Crippen LogP contribution in [0.4, 0.5) is 0 Å². The van der Waals surface area contributed by atoms with Crippen LogP contribution >= 0.6 is 0 Å². The molecule has 0 amide bonds. The van der Waals surface area contributed by atoms with Gasteiger partial charge in [-0.1, -0.05) is 18.2 Å². The van der Waals surface area contributed by atoms with E-state index < -0.39 is 0 Å². The summed E-state index contributed by atoms with van der Waals surface area (Å²) in [5.41, 5.74) is 5.83. The summed E-state index contributed by atoms with van der Waals surface area (Å²) in [5, 5.41) is 14.7. The second-order valence-electron chi connectivity index (χ2n) is 5.45. The van der Waals surface area contributed by atoms with Crippen molar-refractivity contribution in [3.05, 3.63) is 67.0 Å². The summed E-state index contributed by atoms with van der Waals surface area (Å²) in [7, 11) is 0. The molecule has 0 unspecified atom stereocenters. The zero-order chi connectivity index (χ0) is 16.4. The summed E-state index contributed by atoms with van der Waals surface area (Å²) in [4.78, 5) is 8.95. The molecule has 1 aromatic carbocycles. The summed E-state index contributed by atoms with van der Waals surface area (Å²) in [6, 6.07) is 10.1. The van der Waals surface area contributed by atoms with Crippen LogP contribution in [0.3, 0.4) is 0 Å². The Morgan fingerprint density at radius 1 is 0.792 bits per heavy atom. The van der Waals surface area contributed by atoms with Gasteiger partial charge in [-0.3, -0.25) is 5.10 Å². The number of benzene rings is 1. The molecular formula is C18H14N6. The third-order valence-corrected chi connectivity index (χ3v) is 3.71. The Morgan fingerprint density at radius 3 is 2.38 bits per heavy atom. The van der Waals surface area contributed by atoms with Crippen molar-refractivity contribution in [1.29, 1.82) is 0 Å². The third-order valence-electron chi connectivity index (χ3n) is 3.71. The van der Waals surface area contributed by atoms with Gasteiger partial charge in [0.15, 0.2) is 5.82 Å². The second kappa shape index (κ2) is 6.00. The van der Waals surface area contributed by atoms with Crippen molar-refractivity contribution in [2.75, 3.05) is 0 Å². The molecule has 24 heavy (non-hydrogen) atoms. The number of rotatable bonds is 3. The van der Waals surface area contributed by atoms with Crippen molar-refractivity contribution in [1.82, 2.24) is 30.4 Å². The number of aryl methyl sites for hydroxylation is 1. The molecule has 0 saturated heterocycles. The minimum absolute atomic E-state index is 0.683. The first-order valence-electron chi connectivity index (χ1n) is 7.51. The first kappa shape index (κ1) is 14.2. The smallest absolute Gasteiger partial charge is 0.159 e. The fraction of sp³-hybridized carbons (Fsp3) is 0.0556. The maximum absolute atomic E-state index is 4.48. The molecule has 0 spiro atoms. The largest absolute Gasteiger partial charge is 0.285 e. The highest BCUT2D eigenvalue weighted by Crippen LogP contribution is 2.25. The molecule has 4 rings (SSSR count). The van der Waals surface area contributed by atoms with E-state index in [2.05, 4.69) is 36.4 Å². The van der Waals surface area contributed by atoms with Crippen LogP contribution < -0.4 is 0 Å². The van der Waals surface area contributed by atoms with Gasteiger partial charge in [0.1, 0.15) is 0 Å². The third kappa shape index (κ3) is 2.77. The van der Waals surface area contributed by atoms with Gasteiger partial charge in [-0.05, 0) is 24.6 Å². The van der Waals surface area contributed by atoms with E-state index in [1.54, 1.807) is 24.8 Å². The van der Waals surface area contributed by atoms with E-state index in [9.17, 15) is 0 Å². The molecule has 6 heteroatoms. The van der Waals surface area contributed by atoms with Crippen molar-refractivity contribution in [2.45, 2.75) is 6.92 Å². The lowest BCUT2D eigenvalue weighted by Gasteiger charge is -2.05. The van der Waals surface area contributed by atoms with Gasteiger partial charge in [-0.15, -0.1) is 0 Å². The molecule has 0 fully saturated rings. The van der Waals surface area contributed by atoms with Crippen LogP contribution in [0.5, 0.6) is 0 Å². The molecule has 0 bridgehead atoms. The predicted molar refractivity (Wildman–Crippen MR) is 90.8 cm³/mol. The molecule has 0 radical (unpaired) electrons. The molecule has 3 aromatic heterocycles. The van der Waals surface area contributed by atoms with Crippen LogP contribution in [0.1, 0.15) is 5.69 Å². The Kier molecular flexibility index (Phi) is 3.55. The molecule has 1 N–H and O–H groups in total. The quantitative estimate of drug-likeness (QED) is 0.627. The zero-order valence-electron chi connectivity index (χ0n) is 13.0. The lowest BCUT2D eigenvalue weighted by molar-refractivity contribution is 0.983. The number of aromatic nitrogens is 6. The minimum Gasteiger partial charge on any atom is -0.285 e. The molecule has 0 aliphatic carbocycles. The van der Waals surface area contributed by atoms with Gasteiger partial charge in [0, 0.05) is 40.8 Å². The van der Waals surface area contributed by atoms with E-state index in [4.69, 9.17) is 0 Å². The molecule has 116 valence electrons. The normalized spacial score (nSPS) is 10.7. The lowest BCUT2D eigenvalue weighted by atomic mass is 10.0. The Hall–Kier alpha value is -3.41. The van der Waals surface area contributed by atoms with Crippen molar-refractivity contribution in [2.24, 2.45) is 0 Å². The first-order valence-corrected chi connectivity index (χ1v) is 7.51. The monoisotopic (exact) mass is 314 g/mol. The SMILES string of the molecule is Cc1cc(-c2cccc(-c3ncc(-c4cn[nH]c4)cn3)c2)cnn1. The molecule has 0 aliphatic heterocycles. The first-order chi connectivity index (χ1) is 11.8. The van der Waals surface area contributed by atoms with Crippen molar-refractivity contribution in [3.63, 3.8) is 0 Å². The Morgan fingerprint density at radius 2 is 1.62 bits per heavy atom. The van der Waals surface area contributed by atoms with E-state index in [0.717, 1.165) is 33.5 Å². The number of nitrogens with zero attached hydrogens (tertiary/aromatic N) is 5. The zero-order valence-corrected chi connectivity index (χ0v) is 13.0. The van der Waals surface area contributed by atoms with Crippen molar-refractivity contribution < 1.29 is 0 Å². The molecular weight excluding hydrogens is 300 g/mol. The molecule has 3 heterocycles. The van der Waals surface area contributed by atoms with E-state index in [1.807, 2.05) is 37.4 Å². The molecule has 0 atom stereocenters. The molecule has 0 saturated carbocycles. The van der Waals surface area contributed by atoms with E-state index in [0.29, 0.717) is 5.82 Å². The summed E-state index contributed by atoms with van der Waals surface area (Å²) in [6.07, 6.45) is 8.93. The van der Waals surface area contributed by atoms with Crippen LogP contribution in [-0.4, -0.2) is 30.4 Å². The maximum atomic E-state index is 4.48. The number of H-pyrrole nitrogens is 1. The fourth-order valence-electron chi connectivity index (χ4n) is 2.50. The molecule has 0 aliphatic rings. The van der Waals surface area contributed by atoms with Crippen LogP contribution in [0.2, 0.25) is 0 Å². The predicted octanol–water partition coefficient (Wildman–Crippen LogP) is 3.30. The highest BCUT2D eigenvalue weighted by molar-refractivity contribution is 5.70. The van der Waals surface area contributed by atoms with E-state index >= 15 is 0 Å². The van der Waals surface area contributed by atoms with Crippen LogP contribution in [0.25, 0.3) is 33.6 Å². The van der Waals surface area contributed by atoms with Crippen LogP contribution in [0.15, 0.2) is 61.3 Å². The number of aromatic amines is 1. The fourth-order valence-corrected chi connectivity index (χ4v) is 2.50. The number of hydrogen-bond acceptors (Lipinski definition) is 5. The van der Waals surface area contributed by atoms with Gasteiger partial charge in [-0.25, -0.2) is 9.97 Å². The topological polar surface area (TPSA) is 80.2 Å². The van der Waals surface area contributed by atoms with Crippen LogP contribution in [0, 0.1) is 6.92 Å². The van der Waals surface area contributed by atoms with Gasteiger partial charge >= 0.3 is 0 Å². The Labute approximate surface area is 138 Å². The molecule has 6 nitrogen and oxygen atoms in total. The second-order valence-corrected chi connectivity index (χ2v) is 5.45. The Bertz CT molecular complexity index is 961. The van der Waals surface area contributed by atoms with E-state index in [1.165, 1.54) is 0 Å². The highest BCUT2D eigenvalue weighted by Gasteiger charge is 2.06. The standard InChI is InChI=1S/C18H14N6/c1-12-5-15(9-23-24-12)13-3-2-4-14(6-13)18-19-7-16(8-20-18)17-10-21-22-11-17/h2-11H,1H3,(H,21,22). The average molecular weight is 314 g/mol. The van der Waals surface area contributed by atoms with Gasteiger partial charge < -0.3 is 0 Å². The van der Waals surface area contributed by atoms with Crippen molar-refractivity contribution >= 4 is 0 Å². The maximum Gasteiger partial charge on any atom is 0.159 e. The van der Waals surface area contributed by atoms with Gasteiger partial charge in [-0.2, -0.15) is 15.3 Å². The Balaban J connectivity index is 1.68. The van der Waals surface area contributed by atoms with Gasteiger partial charge in [0.05, 0.1) is 18.1 Å². The van der Waals surface area contributed by atoms with E-state index in [-0.39, 0.29) is 0 Å². The summed E-state index contributed by atoms with van der Waals surface area (Å²) >= 11 is 0. The summed E-state index contributed by atoms with van der Waals surface area (Å²) in [6.45, 7) is 1.93.